The van der Waals surface area contributed by atoms with Gasteiger partial charge in [0.1, 0.15) is 0 Å². The van der Waals surface area contributed by atoms with Gasteiger partial charge in [0, 0.05) is 25.2 Å². The first-order chi connectivity index (χ1) is 8.53. The topological polar surface area (TPSA) is 24.5 Å². The van der Waals surface area contributed by atoms with Gasteiger partial charge in [-0.1, -0.05) is 0 Å². The quantitative estimate of drug-likeness (QED) is 0.815. The van der Waals surface area contributed by atoms with Crippen molar-refractivity contribution in [1.82, 2.24) is 10.2 Å². The van der Waals surface area contributed by atoms with E-state index in [1.807, 2.05) is 7.11 Å². The lowest BCUT2D eigenvalue weighted by Crippen LogP contribution is -2.49. The smallest absolute Gasteiger partial charge is 0.0637 e. The lowest BCUT2D eigenvalue weighted by molar-refractivity contribution is -0.00944. The lowest BCUT2D eigenvalue weighted by atomic mass is 9.96. The van der Waals surface area contributed by atoms with Crippen LogP contribution >= 0.6 is 0 Å². The molecule has 18 heavy (non-hydrogen) atoms. The van der Waals surface area contributed by atoms with Crippen LogP contribution in [0.5, 0.6) is 0 Å². The molecule has 2 aliphatic rings. The zero-order chi connectivity index (χ0) is 13.2. The molecule has 0 radical (unpaired) electrons. The summed E-state index contributed by atoms with van der Waals surface area (Å²) in [5.41, 5.74) is -0.00430. The van der Waals surface area contributed by atoms with Crippen LogP contribution in [0.1, 0.15) is 52.9 Å². The van der Waals surface area contributed by atoms with Crippen molar-refractivity contribution in [3.63, 3.8) is 0 Å². The number of hydrogen-bond acceptors (Lipinski definition) is 3. The average molecular weight is 254 g/mol. The highest BCUT2D eigenvalue weighted by Gasteiger charge is 2.36. The molecular formula is C15H30N2O. The molecule has 2 rings (SSSR count). The van der Waals surface area contributed by atoms with Crippen molar-refractivity contribution >= 4 is 0 Å². The van der Waals surface area contributed by atoms with Crippen LogP contribution in [0, 0.1) is 0 Å². The minimum absolute atomic E-state index is 0.00430. The van der Waals surface area contributed by atoms with Crippen molar-refractivity contribution in [2.75, 3.05) is 20.2 Å². The zero-order valence-corrected chi connectivity index (χ0v) is 12.5. The van der Waals surface area contributed by atoms with Crippen LogP contribution in [0.4, 0.5) is 0 Å². The molecule has 1 N–H and O–H groups in total. The average Bonchev–Trinajstić information content (AvgIpc) is 2.98. The van der Waals surface area contributed by atoms with E-state index < -0.39 is 0 Å². The van der Waals surface area contributed by atoms with E-state index in [9.17, 15) is 0 Å². The van der Waals surface area contributed by atoms with Gasteiger partial charge in [-0.25, -0.2) is 0 Å². The number of rotatable bonds is 5. The van der Waals surface area contributed by atoms with Crippen LogP contribution in [0.2, 0.25) is 0 Å². The highest BCUT2D eigenvalue weighted by Crippen LogP contribution is 2.29. The predicted octanol–water partition coefficient (Wildman–Crippen LogP) is 2.41. The molecule has 2 saturated heterocycles. The molecule has 2 heterocycles. The molecule has 0 spiro atoms. The number of hydrogen-bond donors (Lipinski definition) is 1. The van der Waals surface area contributed by atoms with Gasteiger partial charge in [-0.15, -0.1) is 0 Å². The molecule has 3 nitrogen and oxygen atoms in total. The molecule has 106 valence electrons. The van der Waals surface area contributed by atoms with Gasteiger partial charge in [-0.05, 0) is 66.0 Å². The zero-order valence-electron chi connectivity index (χ0n) is 12.5. The summed E-state index contributed by atoms with van der Waals surface area (Å²) >= 11 is 0. The normalized spacial score (nSPS) is 32.0. The Morgan fingerprint density at radius 2 is 2.11 bits per heavy atom. The Hall–Kier alpha value is -0.120. The molecule has 3 heteroatoms. The molecule has 0 aromatic heterocycles. The standard InChI is InChI=1S/C15H30N2O/c1-12(11-15(2,3)18-4)17-10-6-8-14(17)13-7-5-9-16-13/h12-14,16H,5-11H2,1-4H3. The fraction of sp³-hybridized carbons (Fsp3) is 1.00. The Morgan fingerprint density at radius 1 is 1.33 bits per heavy atom. The van der Waals surface area contributed by atoms with Gasteiger partial charge in [0.05, 0.1) is 5.60 Å². The first-order valence-electron chi connectivity index (χ1n) is 7.58. The Balaban J connectivity index is 1.93. The van der Waals surface area contributed by atoms with Gasteiger partial charge < -0.3 is 10.1 Å². The van der Waals surface area contributed by atoms with Crippen LogP contribution in [-0.2, 0) is 4.74 Å². The predicted molar refractivity (Wildman–Crippen MR) is 75.9 cm³/mol. The molecule has 0 bridgehead atoms. The maximum atomic E-state index is 5.59. The molecule has 0 aromatic carbocycles. The van der Waals surface area contributed by atoms with Gasteiger partial charge >= 0.3 is 0 Å². The molecule has 0 saturated carbocycles. The number of methoxy groups -OCH3 is 1. The molecule has 3 unspecified atom stereocenters. The highest BCUT2D eigenvalue weighted by molar-refractivity contribution is 4.94. The lowest BCUT2D eigenvalue weighted by Gasteiger charge is -2.37. The molecule has 0 amide bonds. The number of ether oxygens (including phenoxy) is 1. The van der Waals surface area contributed by atoms with E-state index in [1.54, 1.807) is 0 Å². The largest absolute Gasteiger partial charge is 0.379 e. The third-order valence-corrected chi connectivity index (χ3v) is 4.81. The van der Waals surface area contributed by atoms with Crippen molar-refractivity contribution in [2.45, 2.75) is 76.6 Å². The molecular weight excluding hydrogens is 224 g/mol. The Kier molecular flexibility index (Phi) is 4.68. The number of nitrogens with one attached hydrogen (secondary N) is 1. The highest BCUT2D eigenvalue weighted by atomic mass is 16.5. The van der Waals surface area contributed by atoms with Crippen molar-refractivity contribution < 1.29 is 4.74 Å². The van der Waals surface area contributed by atoms with Crippen LogP contribution in [0.25, 0.3) is 0 Å². The van der Waals surface area contributed by atoms with Gasteiger partial charge in [-0.2, -0.15) is 0 Å². The summed E-state index contributed by atoms with van der Waals surface area (Å²) in [5, 5.41) is 3.69. The van der Waals surface area contributed by atoms with Gasteiger partial charge in [-0.3, -0.25) is 4.90 Å². The SMILES string of the molecule is COC(C)(C)CC(C)N1CCCC1C1CCCN1. The fourth-order valence-electron chi connectivity index (χ4n) is 3.75. The van der Waals surface area contributed by atoms with E-state index in [0.29, 0.717) is 6.04 Å². The second-order valence-electron chi connectivity index (χ2n) is 6.67. The summed E-state index contributed by atoms with van der Waals surface area (Å²) in [5.74, 6) is 0. The Morgan fingerprint density at radius 3 is 2.72 bits per heavy atom. The Bertz CT molecular complexity index is 261. The summed E-state index contributed by atoms with van der Waals surface area (Å²) in [6, 6.07) is 2.12. The van der Waals surface area contributed by atoms with Crippen LogP contribution in [0.15, 0.2) is 0 Å². The summed E-state index contributed by atoms with van der Waals surface area (Å²) in [6.45, 7) is 9.25. The second-order valence-corrected chi connectivity index (χ2v) is 6.67. The first kappa shape index (κ1) is 14.3. The molecule has 0 aliphatic carbocycles. The van der Waals surface area contributed by atoms with Crippen molar-refractivity contribution in [3.8, 4) is 0 Å². The second kappa shape index (κ2) is 5.89. The molecule has 3 atom stereocenters. The van der Waals surface area contributed by atoms with Gasteiger partial charge in [0.2, 0.25) is 0 Å². The summed E-state index contributed by atoms with van der Waals surface area (Å²) < 4.78 is 5.59. The van der Waals surface area contributed by atoms with Crippen molar-refractivity contribution in [3.05, 3.63) is 0 Å². The van der Waals surface area contributed by atoms with E-state index in [4.69, 9.17) is 4.74 Å². The van der Waals surface area contributed by atoms with E-state index in [2.05, 4.69) is 31.0 Å². The number of nitrogens with zero attached hydrogens (tertiary/aromatic N) is 1. The van der Waals surface area contributed by atoms with Crippen LogP contribution in [0.3, 0.4) is 0 Å². The summed E-state index contributed by atoms with van der Waals surface area (Å²) in [6.07, 6.45) is 6.57. The minimum atomic E-state index is -0.00430. The van der Waals surface area contributed by atoms with E-state index in [-0.39, 0.29) is 5.60 Å². The third-order valence-electron chi connectivity index (χ3n) is 4.81. The monoisotopic (exact) mass is 254 g/mol. The third kappa shape index (κ3) is 3.25. The van der Waals surface area contributed by atoms with Crippen LogP contribution in [-0.4, -0.2) is 48.8 Å². The van der Waals surface area contributed by atoms with Crippen molar-refractivity contribution in [1.29, 1.82) is 0 Å². The van der Waals surface area contributed by atoms with E-state index in [1.165, 1.54) is 38.8 Å². The maximum Gasteiger partial charge on any atom is 0.0637 e. The fourth-order valence-corrected chi connectivity index (χ4v) is 3.75. The van der Waals surface area contributed by atoms with Gasteiger partial charge in [0.15, 0.2) is 0 Å². The summed E-state index contributed by atoms with van der Waals surface area (Å²) in [4.78, 5) is 2.73. The molecule has 0 aromatic rings. The number of likely N-dealkylation sites (tertiary alicyclic amines) is 1. The van der Waals surface area contributed by atoms with E-state index in [0.717, 1.165) is 18.5 Å². The Labute approximate surface area is 112 Å². The van der Waals surface area contributed by atoms with Crippen LogP contribution < -0.4 is 5.32 Å². The molecule has 2 aliphatic heterocycles. The summed E-state index contributed by atoms with van der Waals surface area (Å²) in [7, 11) is 1.83. The first-order valence-corrected chi connectivity index (χ1v) is 7.58. The van der Waals surface area contributed by atoms with Gasteiger partial charge in [0.25, 0.3) is 0 Å². The molecule has 2 fully saturated rings. The maximum absolute atomic E-state index is 5.59. The van der Waals surface area contributed by atoms with E-state index >= 15 is 0 Å². The van der Waals surface area contributed by atoms with Crippen molar-refractivity contribution in [2.24, 2.45) is 0 Å². The minimum Gasteiger partial charge on any atom is -0.379 e.